The molecule has 0 fully saturated rings. The van der Waals surface area contributed by atoms with E-state index in [1.54, 1.807) is 42.5 Å². The summed E-state index contributed by atoms with van der Waals surface area (Å²) in [6, 6.07) is 13.3. The van der Waals surface area contributed by atoms with E-state index >= 15 is 0 Å². The van der Waals surface area contributed by atoms with Crippen LogP contribution in [0.15, 0.2) is 53.1 Å². The zero-order valence-corrected chi connectivity index (χ0v) is 15.2. The van der Waals surface area contributed by atoms with Gasteiger partial charge >= 0.3 is 0 Å². The summed E-state index contributed by atoms with van der Waals surface area (Å²) in [5.41, 5.74) is 1.77. The van der Waals surface area contributed by atoms with E-state index in [9.17, 15) is 9.18 Å². The third-order valence-corrected chi connectivity index (χ3v) is 3.99. The number of amides is 1. The van der Waals surface area contributed by atoms with Crippen LogP contribution in [0.25, 0.3) is 0 Å². The van der Waals surface area contributed by atoms with Crippen molar-refractivity contribution in [2.75, 3.05) is 5.32 Å². The molecule has 140 valence electrons. The zero-order valence-electron chi connectivity index (χ0n) is 15.2. The van der Waals surface area contributed by atoms with Crippen molar-refractivity contribution < 1.29 is 13.7 Å². The molecule has 2 aromatic carbocycles. The maximum atomic E-state index is 13.6. The van der Waals surface area contributed by atoms with E-state index in [0.29, 0.717) is 29.4 Å². The van der Waals surface area contributed by atoms with Crippen molar-refractivity contribution in [1.29, 1.82) is 0 Å². The van der Waals surface area contributed by atoms with Crippen LogP contribution in [-0.4, -0.2) is 16.0 Å². The molecule has 27 heavy (non-hydrogen) atoms. The number of halogens is 1. The summed E-state index contributed by atoms with van der Waals surface area (Å²) in [5.74, 6) is 0.797. The topological polar surface area (TPSA) is 80.0 Å². The minimum absolute atomic E-state index is 0.140. The van der Waals surface area contributed by atoms with Crippen LogP contribution in [0, 0.1) is 5.82 Å². The molecule has 0 aliphatic heterocycles. The number of benzene rings is 2. The van der Waals surface area contributed by atoms with Crippen LogP contribution in [0.4, 0.5) is 10.1 Å². The second-order valence-electron chi connectivity index (χ2n) is 6.41. The van der Waals surface area contributed by atoms with E-state index in [4.69, 9.17) is 4.52 Å². The highest BCUT2D eigenvalue weighted by atomic mass is 19.1. The lowest BCUT2D eigenvalue weighted by Gasteiger charge is -2.08. The maximum Gasteiger partial charge on any atom is 0.251 e. The summed E-state index contributed by atoms with van der Waals surface area (Å²) >= 11 is 0. The third kappa shape index (κ3) is 4.91. The number of rotatable bonds is 7. The second-order valence-corrected chi connectivity index (χ2v) is 6.41. The number of anilines is 1. The normalized spacial score (nSPS) is 10.8. The highest BCUT2D eigenvalue weighted by molar-refractivity contribution is 5.94. The van der Waals surface area contributed by atoms with E-state index in [0.717, 1.165) is 5.69 Å². The van der Waals surface area contributed by atoms with Crippen molar-refractivity contribution in [2.45, 2.75) is 32.9 Å². The van der Waals surface area contributed by atoms with E-state index in [1.165, 1.54) is 6.07 Å². The van der Waals surface area contributed by atoms with Crippen molar-refractivity contribution >= 4 is 11.6 Å². The Morgan fingerprint density at radius 1 is 1.11 bits per heavy atom. The smallest absolute Gasteiger partial charge is 0.251 e. The van der Waals surface area contributed by atoms with Crippen molar-refractivity contribution in [1.82, 2.24) is 15.5 Å². The van der Waals surface area contributed by atoms with Gasteiger partial charge in [-0.1, -0.05) is 37.2 Å². The molecule has 3 aromatic rings. The number of hydrogen-bond donors (Lipinski definition) is 2. The molecule has 0 radical (unpaired) electrons. The average molecular weight is 368 g/mol. The molecule has 1 heterocycles. The van der Waals surface area contributed by atoms with Crippen LogP contribution in [-0.2, 0) is 13.1 Å². The van der Waals surface area contributed by atoms with E-state index in [1.807, 2.05) is 13.8 Å². The summed E-state index contributed by atoms with van der Waals surface area (Å²) in [4.78, 5) is 16.5. The van der Waals surface area contributed by atoms with Crippen molar-refractivity contribution in [3.63, 3.8) is 0 Å². The van der Waals surface area contributed by atoms with Gasteiger partial charge in [0.25, 0.3) is 5.91 Å². The Kier molecular flexibility index (Phi) is 5.80. The van der Waals surface area contributed by atoms with Gasteiger partial charge in [-0.05, 0) is 30.3 Å². The second kappa shape index (κ2) is 8.44. The molecule has 0 saturated heterocycles. The first kappa shape index (κ1) is 18.6. The third-order valence-electron chi connectivity index (χ3n) is 3.99. The number of carbonyl (C=O) groups is 1. The lowest BCUT2D eigenvalue weighted by atomic mass is 10.1. The fourth-order valence-electron chi connectivity index (χ4n) is 2.41. The molecule has 2 N–H and O–H groups in total. The Balaban J connectivity index is 1.53. The van der Waals surface area contributed by atoms with E-state index in [-0.39, 0.29) is 24.2 Å². The Hall–Kier alpha value is -3.22. The van der Waals surface area contributed by atoms with Gasteiger partial charge in [-0.2, -0.15) is 4.98 Å². The number of hydrogen-bond acceptors (Lipinski definition) is 5. The number of nitrogens with one attached hydrogen (secondary N) is 2. The fourth-order valence-corrected chi connectivity index (χ4v) is 2.41. The van der Waals surface area contributed by atoms with Gasteiger partial charge in [0.05, 0.1) is 6.54 Å². The van der Waals surface area contributed by atoms with Crippen molar-refractivity contribution in [3.05, 3.63) is 77.2 Å². The molecule has 0 aliphatic carbocycles. The molecular weight excluding hydrogens is 347 g/mol. The van der Waals surface area contributed by atoms with Gasteiger partial charge in [-0.15, -0.1) is 0 Å². The molecule has 0 saturated carbocycles. The van der Waals surface area contributed by atoms with Crippen LogP contribution in [0.2, 0.25) is 0 Å². The van der Waals surface area contributed by atoms with Crippen molar-refractivity contribution in [2.24, 2.45) is 0 Å². The number of carbonyl (C=O) groups excluding carboxylic acids is 1. The molecule has 7 heteroatoms. The molecule has 1 amide bonds. The van der Waals surface area contributed by atoms with Crippen LogP contribution in [0.1, 0.15) is 47.4 Å². The summed E-state index contributed by atoms with van der Waals surface area (Å²) in [6.07, 6.45) is 0. The largest absolute Gasteiger partial charge is 0.376 e. The Labute approximate surface area is 156 Å². The lowest BCUT2D eigenvalue weighted by molar-refractivity contribution is 0.0950. The van der Waals surface area contributed by atoms with Gasteiger partial charge in [-0.25, -0.2) is 4.39 Å². The van der Waals surface area contributed by atoms with Crippen LogP contribution in [0.5, 0.6) is 0 Å². The summed E-state index contributed by atoms with van der Waals surface area (Å²) in [6.45, 7) is 4.54. The van der Waals surface area contributed by atoms with Crippen LogP contribution >= 0.6 is 0 Å². The van der Waals surface area contributed by atoms with Gasteiger partial charge in [0.2, 0.25) is 5.89 Å². The monoisotopic (exact) mass is 368 g/mol. The minimum atomic E-state index is -0.334. The SMILES string of the molecule is CC(C)c1noc(CNc2ccc(C(=O)NCc3ccccc3F)cc2)n1. The molecule has 0 bridgehead atoms. The molecule has 6 nitrogen and oxygen atoms in total. The fraction of sp³-hybridized carbons (Fsp3) is 0.250. The first-order valence-electron chi connectivity index (χ1n) is 8.71. The molecule has 0 unspecified atom stereocenters. The van der Waals surface area contributed by atoms with Crippen LogP contribution < -0.4 is 10.6 Å². The first-order valence-corrected chi connectivity index (χ1v) is 8.71. The average Bonchev–Trinajstić information content (AvgIpc) is 3.15. The van der Waals surface area contributed by atoms with Gasteiger partial charge in [0, 0.05) is 29.3 Å². The molecule has 3 rings (SSSR count). The summed E-state index contributed by atoms with van der Waals surface area (Å²) in [5, 5.41) is 9.79. The summed E-state index contributed by atoms with van der Waals surface area (Å²) < 4.78 is 18.8. The number of aromatic nitrogens is 2. The van der Waals surface area contributed by atoms with E-state index in [2.05, 4.69) is 20.8 Å². The van der Waals surface area contributed by atoms with Crippen LogP contribution in [0.3, 0.4) is 0 Å². The minimum Gasteiger partial charge on any atom is -0.376 e. The first-order chi connectivity index (χ1) is 13.0. The number of nitrogens with zero attached hydrogens (tertiary/aromatic N) is 2. The quantitative estimate of drug-likeness (QED) is 0.662. The lowest BCUT2D eigenvalue weighted by Crippen LogP contribution is -2.23. The molecule has 1 aromatic heterocycles. The van der Waals surface area contributed by atoms with Gasteiger partial charge in [0.15, 0.2) is 5.82 Å². The predicted octanol–water partition coefficient (Wildman–Crippen LogP) is 3.87. The standard InChI is InChI=1S/C20H21FN4O2/c1-13(2)19-24-18(27-25-19)12-22-16-9-7-14(8-10-16)20(26)23-11-15-5-3-4-6-17(15)21/h3-10,13,22H,11-12H2,1-2H3,(H,23,26). The Morgan fingerprint density at radius 3 is 2.52 bits per heavy atom. The van der Waals surface area contributed by atoms with Crippen molar-refractivity contribution in [3.8, 4) is 0 Å². The predicted molar refractivity (Wildman–Crippen MR) is 99.7 cm³/mol. The molecule has 0 atom stereocenters. The Bertz CT molecular complexity index is 906. The summed E-state index contributed by atoms with van der Waals surface area (Å²) in [7, 11) is 0. The highest BCUT2D eigenvalue weighted by Crippen LogP contribution is 2.13. The zero-order chi connectivity index (χ0) is 19.2. The molecule has 0 spiro atoms. The highest BCUT2D eigenvalue weighted by Gasteiger charge is 2.10. The van der Waals surface area contributed by atoms with Gasteiger partial charge in [0.1, 0.15) is 5.82 Å². The van der Waals surface area contributed by atoms with E-state index < -0.39 is 0 Å². The molecule has 0 aliphatic rings. The molecular formula is C20H21FN4O2. The Morgan fingerprint density at radius 2 is 1.85 bits per heavy atom. The maximum absolute atomic E-state index is 13.6. The van der Waals surface area contributed by atoms with Gasteiger partial charge in [-0.3, -0.25) is 4.79 Å². The van der Waals surface area contributed by atoms with Gasteiger partial charge < -0.3 is 15.2 Å².